The van der Waals surface area contributed by atoms with Crippen LogP contribution in [-0.2, 0) is 9.59 Å². The van der Waals surface area contributed by atoms with E-state index in [9.17, 15) is 30.0 Å². The summed E-state index contributed by atoms with van der Waals surface area (Å²) in [6.45, 7) is 12.8. The van der Waals surface area contributed by atoms with Crippen LogP contribution in [0.3, 0.4) is 0 Å². The monoisotopic (exact) mass is 1160 g/mol. The molecule has 1 aliphatic rings. The third kappa shape index (κ3) is 50.8. The highest BCUT2D eigenvalue weighted by molar-refractivity contribution is 5.96. The molecule has 0 radical (unpaired) electrons. The second kappa shape index (κ2) is 60.0. The number of hydrogen-bond acceptors (Lipinski definition) is 8. The van der Waals surface area contributed by atoms with Gasteiger partial charge in [0.05, 0.1) is 24.4 Å². The van der Waals surface area contributed by atoms with Crippen LogP contribution in [0.2, 0.25) is 0 Å². The van der Waals surface area contributed by atoms with Gasteiger partial charge >= 0.3 is 0 Å². The van der Waals surface area contributed by atoms with Gasteiger partial charge in [-0.15, -0.1) is 0 Å². The number of hydrogen-bond donors (Lipinski definition) is 6. The molecule has 82 heavy (non-hydrogen) atoms. The SMILES string of the molecule is CCCCCCCCCCCCCC(O)CN(CCCCC1NC(=O)C(CCCCN(CC(O)CCCCCCCCCCCCC)CC(O)CCCCCCCCCCCCC)NC1=O)CC(O)CCCCCCCCCCCCC. The molecule has 1 heterocycles. The third-order valence-corrected chi connectivity index (χ3v) is 18.1. The Balaban J connectivity index is 2.62. The van der Waals surface area contributed by atoms with Crippen LogP contribution in [0.15, 0.2) is 0 Å². The molecule has 1 aliphatic heterocycles. The van der Waals surface area contributed by atoms with Crippen LogP contribution in [0, 0.1) is 0 Å². The van der Waals surface area contributed by atoms with E-state index < -0.39 is 36.5 Å². The number of unbranched alkanes of at least 4 members (excludes halogenated alkanes) is 42. The van der Waals surface area contributed by atoms with Gasteiger partial charge in [-0.3, -0.25) is 19.4 Å². The van der Waals surface area contributed by atoms with Crippen molar-refractivity contribution in [3.8, 4) is 0 Å². The van der Waals surface area contributed by atoms with Crippen molar-refractivity contribution in [3.63, 3.8) is 0 Å². The van der Waals surface area contributed by atoms with E-state index in [2.05, 4.69) is 48.1 Å². The molecule has 6 unspecified atom stereocenters. The number of aliphatic hydroxyl groups is 4. The minimum Gasteiger partial charge on any atom is -0.392 e. The summed E-state index contributed by atoms with van der Waals surface area (Å²) >= 11 is 0. The first kappa shape index (κ1) is 78.7. The molecule has 1 fully saturated rings. The number of piperazine rings is 1. The molecule has 0 aromatic carbocycles. The Labute approximate surface area is 510 Å². The van der Waals surface area contributed by atoms with E-state index in [0.717, 1.165) is 116 Å². The molecule has 0 spiro atoms. The normalized spacial score (nSPS) is 16.3. The number of nitrogens with one attached hydrogen (secondary N) is 2. The number of rotatable bonds is 66. The zero-order valence-corrected chi connectivity index (χ0v) is 55.4. The lowest BCUT2D eigenvalue weighted by atomic mass is 10.0. The van der Waals surface area contributed by atoms with Crippen molar-refractivity contribution in [2.75, 3.05) is 39.3 Å². The molecule has 10 nitrogen and oxygen atoms in total. The zero-order chi connectivity index (χ0) is 59.6. The van der Waals surface area contributed by atoms with E-state index in [-0.39, 0.29) is 11.8 Å². The van der Waals surface area contributed by atoms with Crippen LogP contribution in [-0.4, -0.2) is 118 Å². The molecular weight excluding hydrogens is 1020 g/mol. The molecule has 0 bridgehead atoms. The molecule has 1 rings (SSSR count). The Morgan fingerprint density at radius 2 is 0.463 bits per heavy atom. The van der Waals surface area contributed by atoms with E-state index >= 15 is 0 Å². The minimum atomic E-state index is -0.547. The Bertz CT molecular complexity index is 1180. The van der Waals surface area contributed by atoms with Crippen molar-refractivity contribution in [2.24, 2.45) is 0 Å². The van der Waals surface area contributed by atoms with Crippen LogP contribution < -0.4 is 10.6 Å². The molecular formula is C72H144N4O6. The highest BCUT2D eigenvalue weighted by Crippen LogP contribution is 2.20. The predicted octanol–water partition coefficient (Wildman–Crippen LogP) is 18.2. The lowest BCUT2D eigenvalue weighted by molar-refractivity contribution is -0.137. The van der Waals surface area contributed by atoms with Gasteiger partial charge in [0.25, 0.3) is 0 Å². The van der Waals surface area contributed by atoms with Crippen LogP contribution in [0.25, 0.3) is 0 Å². The predicted molar refractivity (Wildman–Crippen MR) is 353 cm³/mol. The van der Waals surface area contributed by atoms with Gasteiger partial charge in [-0.1, -0.05) is 310 Å². The van der Waals surface area contributed by atoms with E-state index in [4.69, 9.17) is 0 Å². The maximum absolute atomic E-state index is 13.4. The first-order valence-electron chi connectivity index (χ1n) is 36.9. The summed E-state index contributed by atoms with van der Waals surface area (Å²) in [7, 11) is 0. The molecule has 6 atom stereocenters. The molecule has 2 amide bonds. The van der Waals surface area contributed by atoms with Crippen molar-refractivity contribution in [2.45, 2.75) is 411 Å². The Morgan fingerprint density at radius 3 is 0.659 bits per heavy atom. The minimum absolute atomic E-state index is 0.107. The maximum atomic E-state index is 13.4. The van der Waals surface area contributed by atoms with Crippen molar-refractivity contribution in [1.29, 1.82) is 0 Å². The molecule has 488 valence electrons. The zero-order valence-electron chi connectivity index (χ0n) is 55.4. The molecule has 0 aromatic rings. The number of amides is 2. The van der Waals surface area contributed by atoms with Crippen molar-refractivity contribution >= 4 is 11.8 Å². The average molecular weight is 1160 g/mol. The molecule has 0 aromatic heterocycles. The highest BCUT2D eigenvalue weighted by Gasteiger charge is 2.33. The number of carbonyl (C=O) groups is 2. The smallest absolute Gasteiger partial charge is 0.243 e. The number of aliphatic hydroxyl groups excluding tert-OH is 4. The Hall–Kier alpha value is -1.30. The summed E-state index contributed by atoms with van der Waals surface area (Å²) in [5.74, 6) is -0.215. The van der Waals surface area contributed by atoms with Crippen molar-refractivity contribution in [3.05, 3.63) is 0 Å². The van der Waals surface area contributed by atoms with Gasteiger partial charge in [-0.25, -0.2) is 0 Å². The standard InChI is InChI=1S/C72H144N4O6/c1-5-9-13-17-21-25-29-33-37-41-45-53-65(77)61-75(62-66(78)54-46-42-38-34-30-26-22-18-14-10-6-2)59-51-49-57-69-71(81)74-70(72(82)73-69)58-50-52-60-76(63-67(79)55-47-43-39-35-31-27-23-19-15-11-7-3)64-68(80)56-48-44-40-36-32-28-24-20-16-12-8-4/h65-70,77-80H,5-64H2,1-4H3,(H,73,82)(H,74,81). The molecule has 0 aliphatic carbocycles. The second-order valence-electron chi connectivity index (χ2n) is 26.5. The fourth-order valence-electron chi connectivity index (χ4n) is 12.7. The highest BCUT2D eigenvalue weighted by atomic mass is 16.3. The first-order valence-corrected chi connectivity index (χ1v) is 36.9. The van der Waals surface area contributed by atoms with Gasteiger partial charge in [-0.05, 0) is 77.3 Å². The topological polar surface area (TPSA) is 146 Å². The molecule has 0 saturated carbocycles. The van der Waals surface area contributed by atoms with Gasteiger partial charge < -0.3 is 31.1 Å². The van der Waals surface area contributed by atoms with Gasteiger partial charge in [-0.2, -0.15) is 0 Å². The van der Waals surface area contributed by atoms with Crippen molar-refractivity contribution < 1.29 is 30.0 Å². The van der Waals surface area contributed by atoms with Gasteiger partial charge in [0.15, 0.2) is 0 Å². The van der Waals surface area contributed by atoms with Crippen LogP contribution in [0.4, 0.5) is 0 Å². The quantitative estimate of drug-likeness (QED) is 0.0330. The average Bonchev–Trinajstić information content (AvgIpc) is 3.47. The van der Waals surface area contributed by atoms with E-state index in [1.165, 1.54) is 231 Å². The Kier molecular flexibility index (Phi) is 57.6. The molecule has 10 heteroatoms. The fraction of sp³-hybridized carbons (Fsp3) is 0.972. The number of carbonyl (C=O) groups excluding carboxylic acids is 2. The summed E-state index contributed by atoms with van der Waals surface area (Å²) < 4.78 is 0. The largest absolute Gasteiger partial charge is 0.392 e. The van der Waals surface area contributed by atoms with Crippen molar-refractivity contribution in [1.82, 2.24) is 20.4 Å². The lowest BCUT2D eigenvalue weighted by Crippen LogP contribution is -2.61. The first-order chi connectivity index (χ1) is 40.1. The summed E-state index contributed by atoms with van der Waals surface area (Å²) in [4.78, 5) is 31.3. The van der Waals surface area contributed by atoms with Crippen LogP contribution >= 0.6 is 0 Å². The van der Waals surface area contributed by atoms with Crippen LogP contribution in [0.5, 0.6) is 0 Å². The summed E-state index contributed by atoms with van der Waals surface area (Å²) in [6.07, 6.45) is 62.6. The van der Waals surface area contributed by atoms with Crippen LogP contribution in [0.1, 0.15) is 374 Å². The van der Waals surface area contributed by atoms with E-state index in [1.54, 1.807) is 0 Å². The van der Waals surface area contributed by atoms with Gasteiger partial charge in [0.2, 0.25) is 11.8 Å². The number of nitrogens with zero attached hydrogens (tertiary/aromatic N) is 2. The Morgan fingerprint density at radius 1 is 0.280 bits per heavy atom. The lowest BCUT2D eigenvalue weighted by Gasteiger charge is -2.31. The summed E-state index contributed by atoms with van der Waals surface area (Å²) in [6, 6.07) is -1.09. The second-order valence-corrected chi connectivity index (χ2v) is 26.5. The van der Waals surface area contributed by atoms with E-state index in [1.807, 2.05) is 0 Å². The molecule has 1 saturated heterocycles. The van der Waals surface area contributed by atoms with E-state index in [0.29, 0.717) is 39.0 Å². The summed E-state index contributed by atoms with van der Waals surface area (Å²) in [5, 5.41) is 50.9. The van der Waals surface area contributed by atoms with Gasteiger partial charge in [0, 0.05) is 26.2 Å². The molecule has 6 N–H and O–H groups in total. The fourth-order valence-corrected chi connectivity index (χ4v) is 12.7. The third-order valence-electron chi connectivity index (χ3n) is 18.1. The summed E-state index contributed by atoms with van der Waals surface area (Å²) in [5.41, 5.74) is 0. The maximum Gasteiger partial charge on any atom is 0.243 e. The van der Waals surface area contributed by atoms with Gasteiger partial charge in [0.1, 0.15) is 12.1 Å².